The second-order valence-electron chi connectivity index (χ2n) is 5.13. The lowest BCUT2D eigenvalue weighted by atomic mass is 10.2. The number of carbonyl (C=O) groups excluding carboxylic acids is 1. The minimum absolute atomic E-state index is 0.0651. The van der Waals surface area contributed by atoms with Gasteiger partial charge in [-0.05, 0) is 5.92 Å². The van der Waals surface area contributed by atoms with E-state index in [1.54, 1.807) is 0 Å². The van der Waals surface area contributed by atoms with Crippen molar-refractivity contribution in [1.82, 2.24) is 14.9 Å². The number of nitrogens with zero attached hydrogens (tertiary/aromatic N) is 1. The molecule has 2 amide bonds. The van der Waals surface area contributed by atoms with Gasteiger partial charge in [0.25, 0.3) is 0 Å². The molecule has 21 heavy (non-hydrogen) atoms. The molecule has 1 heterocycles. The van der Waals surface area contributed by atoms with E-state index in [4.69, 9.17) is 0 Å². The molecule has 1 aliphatic heterocycles. The summed E-state index contributed by atoms with van der Waals surface area (Å²) >= 11 is 1.44. The molecule has 1 saturated heterocycles. The molecule has 122 valence electrons. The van der Waals surface area contributed by atoms with Gasteiger partial charge in [0.1, 0.15) is 6.04 Å². The van der Waals surface area contributed by atoms with Gasteiger partial charge in [0.15, 0.2) is 0 Å². The van der Waals surface area contributed by atoms with Crippen molar-refractivity contribution in [3.05, 3.63) is 0 Å². The average molecular weight is 339 g/mol. The lowest BCUT2D eigenvalue weighted by molar-refractivity contribution is -0.141. The van der Waals surface area contributed by atoms with Gasteiger partial charge < -0.3 is 10.4 Å². The molecule has 8 nitrogen and oxygen atoms in total. The van der Waals surface area contributed by atoms with E-state index in [1.165, 1.54) is 16.7 Å². The van der Waals surface area contributed by atoms with Gasteiger partial charge in [0.05, 0.1) is 11.6 Å². The summed E-state index contributed by atoms with van der Waals surface area (Å²) in [6.45, 7) is 4.01. The quantitative estimate of drug-likeness (QED) is 0.574. The Kier molecular flexibility index (Phi) is 6.29. The molecular weight excluding hydrogens is 318 g/mol. The number of hydrogen-bond acceptors (Lipinski definition) is 5. The van der Waals surface area contributed by atoms with Gasteiger partial charge in [-0.2, -0.15) is 0 Å². The Morgan fingerprint density at radius 2 is 2.00 bits per heavy atom. The number of hydrogen-bond donors (Lipinski definition) is 3. The minimum atomic E-state index is -3.30. The monoisotopic (exact) mass is 339 g/mol. The fourth-order valence-corrected chi connectivity index (χ4v) is 3.93. The maximum atomic E-state index is 12.2. The number of nitrogens with one attached hydrogen (secondary N) is 2. The molecule has 0 aromatic rings. The van der Waals surface area contributed by atoms with Crippen molar-refractivity contribution in [2.24, 2.45) is 5.92 Å². The third-order valence-electron chi connectivity index (χ3n) is 2.89. The van der Waals surface area contributed by atoms with Gasteiger partial charge >= 0.3 is 12.0 Å². The maximum absolute atomic E-state index is 12.2. The van der Waals surface area contributed by atoms with E-state index in [2.05, 4.69) is 10.0 Å². The number of urea groups is 1. The topological polar surface area (TPSA) is 116 Å². The second-order valence-corrected chi connectivity index (χ2v) is 8.11. The fourth-order valence-electron chi connectivity index (χ4n) is 1.99. The van der Waals surface area contributed by atoms with Gasteiger partial charge in [0.2, 0.25) is 10.0 Å². The molecule has 1 aliphatic rings. The Morgan fingerprint density at radius 3 is 2.48 bits per heavy atom. The van der Waals surface area contributed by atoms with Crippen LogP contribution in [0.25, 0.3) is 0 Å². The summed E-state index contributed by atoms with van der Waals surface area (Å²) in [6, 6.07) is -1.34. The molecular formula is C11H21N3O5S2. The maximum Gasteiger partial charge on any atom is 0.327 e. The summed E-state index contributed by atoms with van der Waals surface area (Å²) < 4.78 is 24.1. The minimum Gasteiger partial charge on any atom is -0.480 e. The van der Waals surface area contributed by atoms with Crippen LogP contribution in [0, 0.1) is 5.92 Å². The van der Waals surface area contributed by atoms with Crippen LogP contribution in [0.5, 0.6) is 0 Å². The zero-order valence-electron chi connectivity index (χ0n) is 12.2. The van der Waals surface area contributed by atoms with E-state index < -0.39 is 28.1 Å². The van der Waals surface area contributed by atoms with Crippen LogP contribution in [-0.2, 0) is 14.8 Å². The molecule has 3 N–H and O–H groups in total. The number of carboxylic acid groups (broad SMARTS) is 1. The molecule has 1 rings (SSSR count). The Morgan fingerprint density at radius 1 is 1.38 bits per heavy atom. The summed E-state index contributed by atoms with van der Waals surface area (Å²) in [7, 11) is -3.30. The summed E-state index contributed by atoms with van der Waals surface area (Å²) in [5.41, 5.74) is 0. The average Bonchev–Trinajstić information content (AvgIpc) is 2.78. The van der Waals surface area contributed by atoms with E-state index in [1.807, 2.05) is 13.8 Å². The van der Waals surface area contributed by atoms with Gasteiger partial charge in [-0.15, -0.1) is 11.8 Å². The van der Waals surface area contributed by atoms with Crippen molar-refractivity contribution in [3.63, 3.8) is 0 Å². The predicted octanol–water partition coefficient (Wildman–Crippen LogP) is -0.271. The zero-order chi connectivity index (χ0) is 16.2. The highest BCUT2D eigenvalue weighted by atomic mass is 32.2. The van der Waals surface area contributed by atoms with E-state index in [0.717, 1.165) is 6.26 Å². The summed E-state index contributed by atoms with van der Waals surface area (Å²) in [6.07, 6.45) is 1.03. The Bertz CT molecular complexity index is 494. The Labute approximate surface area is 128 Å². The highest BCUT2D eigenvalue weighted by Gasteiger charge is 2.42. The molecule has 0 bridgehead atoms. The summed E-state index contributed by atoms with van der Waals surface area (Å²) in [4.78, 5) is 24.7. The molecule has 2 atom stereocenters. The third-order valence-corrected chi connectivity index (χ3v) is 5.24. The Balaban J connectivity index is 2.61. The van der Waals surface area contributed by atoms with E-state index in [0.29, 0.717) is 5.75 Å². The first kappa shape index (κ1) is 18.1. The van der Waals surface area contributed by atoms with Crippen LogP contribution in [0.3, 0.4) is 0 Å². The number of carboxylic acids is 1. The van der Waals surface area contributed by atoms with E-state index in [-0.39, 0.29) is 24.4 Å². The van der Waals surface area contributed by atoms with E-state index >= 15 is 0 Å². The highest BCUT2D eigenvalue weighted by Crippen LogP contribution is 2.33. The standard InChI is InChI=1S/C11H21N3O5S2/c1-7(2)9-14(8(6-20-9)10(15)16)11(17)12-4-5-13-21(3,18)19/h7-9,13H,4-6H2,1-3H3,(H,12,17)(H,15,16). The lowest BCUT2D eigenvalue weighted by Crippen LogP contribution is -2.52. The molecule has 0 aliphatic carbocycles. The van der Waals surface area contributed by atoms with Crippen molar-refractivity contribution in [2.45, 2.75) is 25.3 Å². The number of thioether (sulfide) groups is 1. The first-order valence-corrected chi connectivity index (χ1v) is 9.42. The fraction of sp³-hybridized carbons (Fsp3) is 0.818. The number of aliphatic carboxylic acids is 1. The molecule has 0 aromatic carbocycles. The number of sulfonamides is 1. The van der Waals surface area contributed by atoms with Crippen molar-refractivity contribution in [2.75, 3.05) is 25.1 Å². The van der Waals surface area contributed by atoms with Crippen LogP contribution < -0.4 is 10.0 Å². The van der Waals surface area contributed by atoms with Crippen LogP contribution in [0.15, 0.2) is 0 Å². The van der Waals surface area contributed by atoms with Crippen molar-refractivity contribution in [3.8, 4) is 0 Å². The molecule has 0 saturated carbocycles. The number of carbonyl (C=O) groups is 2. The predicted molar refractivity (Wildman–Crippen MR) is 80.6 cm³/mol. The van der Waals surface area contributed by atoms with Gasteiger partial charge in [-0.1, -0.05) is 13.8 Å². The molecule has 0 spiro atoms. The smallest absolute Gasteiger partial charge is 0.327 e. The third kappa shape index (κ3) is 5.36. The van der Waals surface area contributed by atoms with Crippen LogP contribution in [0.2, 0.25) is 0 Å². The van der Waals surface area contributed by atoms with Crippen LogP contribution in [0.4, 0.5) is 4.79 Å². The lowest BCUT2D eigenvalue weighted by Gasteiger charge is -2.29. The Hall–Kier alpha value is -1.00. The van der Waals surface area contributed by atoms with Crippen LogP contribution >= 0.6 is 11.8 Å². The van der Waals surface area contributed by atoms with Gasteiger partial charge in [-0.25, -0.2) is 22.7 Å². The van der Waals surface area contributed by atoms with Crippen LogP contribution in [0.1, 0.15) is 13.8 Å². The first-order valence-electron chi connectivity index (χ1n) is 6.48. The normalized spacial score (nSPS) is 22.6. The summed E-state index contributed by atoms with van der Waals surface area (Å²) in [5.74, 6) is -0.554. The largest absolute Gasteiger partial charge is 0.480 e. The number of amides is 2. The molecule has 2 unspecified atom stereocenters. The highest BCUT2D eigenvalue weighted by molar-refractivity contribution is 8.00. The van der Waals surface area contributed by atoms with Gasteiger partial charge in [-0.3, -0.25) is 4.90 Å². The van der Waals surface area contributed by atoms with E-state index in [9.17, 15) is 23.1 Å². The van der Waals surface area contributed by atoms with Crippen molar-refractivity contribution >= 4 is 33.8 Å². The molecule has 1 fully saturated rings. The second kappa shape index (κ2) is 7.32. The first-order chi connectivity index (χ1) is 9.63. The van der Waals surface area contributed by atoms with Crippen molar-refractivity contribution < 1.29 is 23.1 Å². The zero-order valence-corrected chi connectivity index (χ0v) is 13.8. The van der Waals surface area contributed by atoms with Crippen LogP contribution in [-0.4, -0.2) is 66.9 Å². The molecule has 10 heteroatoms. The van der Waals surface area contributed by atoms with Gasteiger partial charge in [0, 0.05) is 18.8 Å². The summed E-state index contributed by atoms with van der Waals surface area (Å²) in [5, 5.41) is 11.5. The molecule has 0 aromatic heterocycles. The molecule has 0 radical (unpaired) electrons. The van der Waals surface area contributed by atoms with Crippen molar-refractivity contribution in [1.29, 1.82) is 0 Å². The number of rotatable bonds is 6. The SMILES string of the molecule is CC(C)C1SCC(C(=O)O)N1C(=O)NCCNS(C)(=O)=O.